The summed E-state index contributed by atoms with van der Waals surface area (Å²) in [6, 6.07) is 12.3. The third kappa shape index (κ3) is 2.66. The van der Waals surface area contributed by atoms with E-state index in [1.807, 2.05) is 18.4 Å². The van der Waals surface area contributed by atoms with Crippen molar-refractivity contribution in [2.75, 3.05) is 24.2 Å². The van der Waals surface area contributed by atoms with Gasteiger partial charge in [-0.25, -0.2) is 4.99 Å². The fraction of sp³-hybridized carbons (Fsp3) is 0.278. The predicted octanol–water partition coefficient (Wildman–Crippen LogP) is 3.60. The van der Waals surface area contributed by atoms with E-state index in [2.05, 4.69) is 39.5 Å². The highest BCUT2D eigenvalue weighted by Gasteiger charge is 2.28. The number of aliphatic imine (C=N–C) groups is 1. The maximum atomic E-state index is 10.2. The lowest BCUT2D eigenvalue weighted by Crippen LogP contribution is -2.42. The van der Waals surface area contributed by atoms with Crippen LogP contribution in [0.2, 0.25) is 5.02 Å². The average molecular weight is 360 g/mol. The molecule has 2 N–H and O–H groups in total. The summed E-state index contributed by atoms with van der Waals surface area (Å²) in [5, 5.41) is 17.4. The summed E-state index contributed by atoms with van der Waals surface area (Å²) < 4.78 is 0. The molecule has 0 fully saturated rings. The van der Waals surface area contributed by atoms with Crippen molar-refractivity contribution in [1.29, 1.82) is 0 Å². The number of halogens is 1. The van der Waals surface area contributed by atoms with Crippen LogP contribution in [0.15, 0.2) is 52.7 Å². The number of nitrogens with zero attached hydrogens (tertiary/aromatic N) is 2. The van der Waals surface area contributed by atoms with Crippen molar-refractivity contribution < 1.29 is 5.11 Å². The highest BCUT2D eigenvalue weighted by Crippen LogP contribution is 2.35. The first-order valence-electron chi connectivity index (χ1n) is 7.88. The Morgan fingerprint density at radius 3 is 2.88 bits per heavy atom. The van der Waals surface area contributed by atoms with Crippen molar-refractivity contribution in [3.8, 4) is 0 Å². The fourth-order valence-electron chi connectivity index (χ4n) is 3.38. The van der Waals surface area contributed by atoms with E-state index < -0.39 is 6.23 Å². The van der Waals surface area contributed by atoms with Crippen molar-refractivity contribution in [3.63, 3.8) is 0 Å². The van der Waals surface area contributed by atoms with Crippen molar-refractivity contribution in [1.82, 2.24) is 5.32 Å². The van der Waals surface area contributed by atoms with E-state index in [0.29, 0.717) is 0 Å². The van der Waals surface area contributed by atoms with Crippen LogP contribution in [0.25, 0.3) is 10.8 Å². The molecule has 124 valence electrons. The van der Waals surface area contributed by atoms with Crippen LogP contribution < -0.4 is 10.2 Å². The number of benzene rings is 2. The van der Waals surface area contributed by atoms with Crippen LogP contribution in [0.3, 0.4) is 0 Å². The molecule has 2 aromatic rings. The second kappa shape index (κ2) is 6.31. The monoisotopic (exact) mass is 359 g/mol. The number of thioether (sulfide) groups is 1. The minimum Gasteiger partial charge on any atom is -0.368 e. The Kier molecular flexibility index (Phi) is 4.16. The van der Waals surface area contributed by atoms with Gasteiger partial charge in [0.1, 0.15) is 0 Å². The van der Waals surface area contributed by atoms with Gasteiger partial charge in [-0.3, -0.25) is 0 Å². The van der Waals surface area contributed by atoms with Gasteiger partial charge in [-0.15, -0.1) is 0 Å². The molecule has 0 radical (unpaired) electrons. The third-order valence-corrected chi connectivity index (χ3v) is 5.47. The minimum absolute atomic E-state index is 0.719. The molecule has 4 rings (SSSR count). The highest BCUT2D eigenvalue weighted by atomic mass is 35.5. The number of fused-ring (bicyclic) bond motifs is 1. The molecule has 2 aliphatic heterocycles. The van der Waals surface area contributed by atoms with Gasteiger partial charge in [-0.2, -0.15) is 0 Å². The van der Waals surface area contributed by atoms with Crippen molar-refractivity contribution in [3.05, 3.63) is 52.7 Å². The minimum atomic E-state index is -0.720. The number of anilines is 1. The van der Waals surface area contributed by atoms with Gasteiger partial charge in [0.2, 0.25) is 0 Å². The summed E-state index contributed by atoms with van der Waals surface area (Å²) in [4.78, 5) is 6.59. The molecule has 2 aromatic carbocycles. The molecule has 0 amide bonds. The Balaban J connectivity index is 1.71. The number of hydrogen-bond donors (Lipinski definition) is 2. The number of rotatable bonds is 1. The van der Waals surface area contributed by atoms with Crippen LogP contribution in [-0.4, -0.2) is 35.8 Å². The maximum absolute atomic E-state index is 10.2. The van der Waals surface area contributed by atoms with Gasteiger partial charge >= 0.3 is 0 Å². The summed E-state index contributed by atoms with van der Waals surface area (Å²) in [5.41, 5.74) is 3.18. The SMILES string of the molecule is CSC1=NC(O)C2=C(CN(c3cccc4cccc(Cl)c34)CC2)N1. The Labute approximate surface area is 150 Å². The van der Waals surface area contributed by atoms with Crippen LogP contribution in [0.4, 0.5) is 5.69 Å². The van der Waals surface area contributed by atoms with E-state index in [1.165, 1.54) is 11.8 Å². The Morgan fingerprint density at radius 2 is 2.08 bits per heavy atom. The molecule has 1 atom stereocenters. The number of aliphatic hydroxyl groups excluding tert-OH is 1. The van der Waals surface area contributed by atoms with Crippen molar-refractivity contribution in [2.24, 2.45) is 4.99 Å². The topological polar surface area (TPSA) is 47.9 Å². The molecule has 0 saturated carbocycles. The molecular weight excluding hydrogens is 342 g/mol. The molecule has 1 unspecified atom stereocenters. The molecule has 0 aromatic heterocycles. The van der Waals surface area contributed by atoms with Gasteiger partial charge in [0.15, 0.2) is 11.4 Å². The second-order valence-corrected chi connectivity index (χ2v) is 7.13. The van der Waals surface area contributed by atoms with E-state index in [9.17, 15) is 5.11 Å². The quantitative estimate of drug-likeness (QED) is 0.816. The first-order valence-corrected chi connectivity index (χ1v) is 9.48. The summed E-state index contributed by atoms with van der Waals surface area (Å²) in [7, 11) is 0. The predicted molar refractivity (Wildman–Crippen MR) is 103 cm³/mol. The molecule has 0 saturated heterocycles. The standard InChI is InChI=1S/C18H18ClN3OS/c1-24-18-20-14-10-22(9-8-12(14)17(23)21-18)15-7-3-5-11-4-2-6-13(19)16(11)15/h2-7,17,23H,8-10H2,1H3,(H,20,21). The first-order chi connectivity index (χ1) is 11.7. The second-order valence-electron chi connectivity index (χ2n) is 5.93. The molecule has 0 spiro atoms. The number of aliphatic hydroxyl groups is 1. The highest BCUT2D eigenvalue weighted by molar-refractivity contribution is 8.13. The Morgan fingerprint density at radius 1 is 1.29 bits per heavy atom. The van der Waals surface area contributed by atoms with Gasteiger partial charge < -0.3 is 15.3 Å². The van der Waals surface area contributed by atoms with E-state index >= 15 is 0 Å². The van der Waals surface area contributed by atoms with Crippen LogP contribution >= 0.6 is 23.4 Å². The lowest BCUT2D eigenvalue weighted by molar-refractivity contribution is 0.211. The number of amidine groups is 1. The zero-order chi connectivity index (χ0) is 16.7. The van der Waals surface area contributed by atoms with Crippen LogP contribution in [0, 0.1) is 0 Å². The molecule has 2 aliphatic rings. The summed E-state index contributed by atoms with van der Waals surface area (Å²) in [6.07, 6.45) is 2.02. The molecular formula is C18H18ClN3OS. The molecule has 0 aliphatic carbocycles. The Bertz CT molecular complexity index is 859. The summed E-state index contributed by atoms with van der Waals surface area (Å²) in [5.74, 6) is 0. The van der Waals surface area contributed by atoms with Crippen LogP contribution in [0.1, 0.15) is 6.42 Å². The van der Waals surface area contributed by atoms with Crippen molar-refractivity contribution in [2.45, 2.75) is 12.6 Å². The maximum Gasteiger partial charge on any atom is 0.172 e. The lowest BCUT2D eigenvalue weighted by Gasteiger charge is -2.36. The van der Waals surface area contributed by atoms with Crippen LogP contribution in [0.5, 0.6) is 0 Å². The summed E-state index contributed by atoms with van der Waals surface area (Å²) in [6.45, 7) is 1.56. The van der Waals surface area contributed by atoms with Gasteiger partial charge in [-0.1, -0.05) is 47.6 Å². The summed E-state index contributed by atoms with van der Waals surface area (Å²) >= 11 is 7.98. The molecule has 2 heterocycles. The van der Waals surface area contributed by atoms with E-state index in [4.69, 9.17) is 11.6 Å². The van der Waals surface area contributed by atoms with Crippen LogP contribution in [-0.2, 0) is 0 Å². The largest absolute Gasteiger partial charge is 0.368 e. The van der Waals surface area contributed by atoms with E-state index in [1.54, 1.807) is 0 Å². The zero-order valence-electron chi connectivity index (χ0n) is 13.3. The smallest absolute Gasteiger partial charge is 0.172 e. The van der Waals surface area contributed by atoms with E-state index in [-0.39, 0.29) is 0 Å². The fourth-order valence-corrected chi connectivity index (χ4v) is 4.09. The van der Waals surface area contributed by atoms with Crippen molar-refractivity contribution >= 4 is 45.0 Å². The first kappa shape index (κ1) is 15.8. The van der Waals surface area contributed by atoms with Gasteiger partial charge in [0.25, 0.3) is 0 Å². The van der Waals surface area contributed by atoms with E-state index in [0.717, 1.165) is 57.4 Å². The number of nitrogens with one attached hydrogen (secondary N) is 1. The molecule has 24 heavy (non-hydrogen) atoms. The Hall–Kier alpha value is -1.69. The average Bonchev–Trinajstić information content (AvgIpc) is 2.61. The molecule has 4 nitrogen and oxygen atoms in total. The van der Waals surface area contributed by atoms with Gasteiger partial charge in [0.05, 0.1) is 11.6 Å². The third-order valence-electron chi connectivity index (χ3n) is 4.56. The number of hydrogen-bond acceptors (Lipinski definition) is 5. The van der Waals surface area contributed by atoms with Gasteiger partial charge in [0, 0.05) is 28.9 Å². The lowest BCUT2D eigenvalue weighted by atomic mass is 10.0. The zero-order valence-corrected chi connectivity index (χ0v) is 14.9. The normalized spacial score (nSPS) is 20.7. The molecule has 0 bridgehead atoms. The van der Waals surface area contributed by atoms with Gasteiger partial charge in [-0.05, 0) is 30.2 Å². The molecule has 6 heteroatoms.